The van der Waals surface area contributed by atoms with Gasteiger partial charge < -0.3 is 15.3 Å². The summed E-state index contributed by atoms with van der Waals surface area (Å²) in [6.45, 7) is 9.36. The fourth-order valence-corrected chi connectivity index (χ4v) is 10.6. The zero-order chi connectivity index (χ0) is 21.7. The minimum atomic E-state index is -0.553. The van der Waals surface area contributed by atoms with Crippen LogP contribution < -0.4 is 0 Å². The lowest BCUT2D eigenvalue weighted by molar-refractivity contribution is -0.176. The molecule has 0 unspecified atom stereocenters. The maximum absolute atomic E-state index is 11.8. The van der Waals surface area contributed by atoms with Gasteiger partial charge in [-0.25, -0.2) is 0 Å². The zero-order valence-corrected chi connectivity index (χ0v) is 19.9. The standard InChI is InChI=1S/C27H45NO3/c1-15-4-7-25-27(3,31)21-6-5-17-18(20(21)14-28(25)13-15)11-22-19(17)12-24(30)23-10-16(29)8-9-26(22,23)2/h15-25,29-31H,4-14H2,1-3H3/t15-,16-,17+,18+,19-,20-,21-,22-,23+,24-,25+,26+,27-/m0/s1. The van der Waals surface area contributed by atoms with Gasteiger partial charge in [0.2, 0.25) is 0 Å². The molecule has 2 aliphatic heterocycles. The van der Waals surface area contributed by atoms with Gasteiger partial charge in [0.1, 0.15) is 0 Å². The number of hydrogen-bond acceptors (Lipinski definition) is 4. The summed E-state index contributed by atoms with van der Waals surface area (Å²) < 4.78 is 0. The Morgan fingerprint density at radius 3 is 2.35 bits per heavy atom. The van der Waals surface area contributed by atoms with Gasteiger partial charge in [-0.1, -0.05) is 13.8 Å². The summed E-state index contributed by atoms with van der Waals surface area (Å²) in [6, 6.07) is 0.355. The SMILES string of the molecule is C[C@H]1CC[C@H]2N(C1)C[C@H]1[C@@H]3C[C@H]4[C@@H](C[C@H](O)[C@H]5C[C@@H](O)CC[C@@]54C)[C@@H]3CC[C@@H]1[C@]2(C)O. The minimum Gasteiger partial charge on any atom is -0.393 e. The molecule has 176 valence electrons. The Hall–Kier alpha value is -0.160. The molecule has 2 heterocycles. The molecule has 6 rings (SSSR count). The van der Waals surface area contributed by atoms with E-state index in [4.69, 9.17) is 0 Å². The Labute approximate surface area is 188 Å². The third kappa shape index (κ3) is 3.00. The zero-order valence-electron chi connectivity index (χ0n) is 19.9. The average Bonchev–Trinajstić information content (AvgIpc) is 3.09. The maximum atomic E-state index is 11.8. The Morgan fingerprint density at radius 1 is 0.742 bits per heavy atom. The fraction of sp³-hybridized carbons (Fsp3) is 1.00. The molecule has 0 aromatic carbocycles. The van der Waals surface area contributed by atoms with Crippen molar-refractivity contribution in [3.05, 3.63) is 0 Å². The van der Waals surface area contributed by atoms with E-state index >= 15 is 0 Å². The van der Waals surface area contributed by atoms with E-state index in [-0.39, 0.29) is 23.5 Å². The summed E-state index contributed by atoms with van der Waals surface area (Å²) in [4.78, 5) is 2.68. The lowest BCUT2D eigenvalue weighted by Gasteiger charge is -2.60. The molecule has 2 saturated heterocycles. The van der Waals surface area contributed by atoms with E-state index in [1.165, 1.54) is 32.2 Å². The van der Waals surface area contributed by atoms with E-state index in [2.05, 4.69) is 25.7 Å². The second-order valence-electron chi connectivity index (χ2n) is 13.4. The van der Waals surface area contributed by atoms with E-state index in [0.29, 0.717) is 35.6 Å². The quantitative estimate of drug-likeness (QED) is 0.547. The maximum Gasteiger partial charge on any atom is 0.0805 e. The van der Waals surface area contributed by atoms with E-state index in [9.17, 15) is 15.3 Å². The highest BCUT2D eigenvalue weighted by Crippen LogP contribution is 2.67. The summed E-state index contributed by atoms with van der Waals surface area (Å²) in [5, 5.41) is 33.3. The van der Waals surface area contributed by atoms with Crippen LogP contribution in [0.25, 0.3) is 0 Å². The van der Waals surface area contributed by atoms with Gasteiger partial charge in [-0.3, -0.25) is 4.90 Å². The van der Waals surface area contributed by atoms with Crippen molar-refractivity contribution in [3.8, 4) is 0 Å². The molecular formula is C27H45NO3. The minimum absolute atomic E-state index is 0.188. The highest BCUT2D eigenvalue weighted by molar-refractivity contribution is 5.14. The molecule has 0 spiro atoms. The van der Waals surface area contributed by atoms with Crippen LogP contribution in [0.3, 0.4) is 0 Å². The Kier molecular flexibility index (Phi) is 4.94. The molecular weight excluding hydrogens is 386 g/mol. The Bertz CT molecular complexity index is 711. The lowest BCUT2D eigenvalue weighted by Crippen LogP contribution is -2.67. The van der Waals surface area contributed by atoms with Gasteiger partial charge in [0.05, 0.1) is 17.8 Å². The number of rotatable bonds is 0. The van der Waals surface area contributed by atoms with Crippen LogP contribution in [0.15, 0.2) is 0 Å². The molecule has 0 aromatic rings. The fourth-order valence-electron chi connectivity index (χ4n) is 10.6. The average molecular weight is 432 g/mol. The van der Waals surface area contributed by atoms with Gasteiger partial charge >= 0.3 is 0 Å². The van der Waals surface area contributed by atoms with Gasteiger partial charge in [-0.2, -0.15) is 0 Å². The normalized spacial score (nSPS) is 61.5. The number of nitrogens with zero attached hydrogens (tertiary/aromatic N) is 1. The second kappa shape index (κ2) is 7.17. The van der Waals surface area contributed by atoms with Crippen molar-refractivity contribution in [2.24, 2.45) is 52.8 Å². The molecule has 3 N–H and O–H groups in total. The molecule has 4 aliphatic carbocycles. The molecule has 0 aromatic heterocycles. The highest BCUT2D eigenvalue weighted by atomic mass is 16.3. The van der Waals surface area contributed by atoms with Crippen molar-refractivity contribution in [2.75, 3.05) is 13.1 Å². The van der Waals surface area contributed by atoms with Gasteiger partial charge in [0.15, 0.2) is 0 Å². The van der Waals surface area contributed by atoms with Crippen molar-refractivity contribution in [1.29, 1.82) is 0 Å². The smallest absolute Gasteiger partial charge is 0.0805 e. The van der Waals surface area contributed by atoms with Crippen molar-refractivity contribution < 1.29 is 15.3 Å². The van der Waals surface area contributed by atoms with Crippen molar-refractivity contribution >= 4 is 0 Å². The van der Waals surface area contributed by atoms with Gasteiger partial charge in [-0.15, -0.1) is 0 Å². The molecule has 4 heteroatoms. The van der Waals surface area contributed by atoms with Crippen LogP contribution >= 0.6 is 0 Å². The van der Waals surface area contributed by atoms with Crippen LogP contribution in [-0.2, 0) is 0 Å². The number of fused-ring (bicyclic) bond motifs is 8. The summed E-state index contributed by atoms with van der Waals surface area (Å²) >= 11 is 0. The summed E-state index contributed by atoms with van der Waals surface area (Å²) in [6.07, 6.45) is 9.43. The molecule has 13 atom stereocenters. The highest BCUT2D eigenvalue weighted by Gasteiger charge is 2.64. The van der Waals surface area contributed by atoms with Crippen LogP contribution in [0.1, 0.15) is 78.6 Å². The number of hydrogen-bond donors (Lipinski definition) is 3. The van der Waals surface area contributed by atoms with Gasteiger partial charge in [0, 0.05) is 19.1 Å². The molecule has 6 fully saturated rings. The predicted octanol–water partition coefficient (Wildman–Crippen LogP) is 3.68. The van der Waals surface area contributed by atoms with E-state index in [0.717, 1.165) is 50.5 Å². The van der Waals surface area contributed by atoms with E-state index < -0.39 is 5.60 Å². The van der Waals surface area contributed by atoms with Gasteiger partial charge in [-0.05, 0) is 117 Å². The van der Waals surface area contributed by atoms with Gasteiger partial charge in [0.25, 0.3) is 0 Å². The first kappa shape index (κ1) is 21.4. The molecule has 0 radical (unpaired) electrons. The van der Waals surface area contributed by atoms with Crippen molar-refractivity contribution in [1.82, 2.24) is 4.90 Å². The number of aliphatic hydroxyl groups is 3. The molecule has 0 amide bonds. The molecule has 31 heavy (non-hydrogen) atoms. The van der Waals surface area contributed by atoms with Crippen LogP contribution in [0.2, 0.25) is 0 Å². The lowest BCUT2D eigenvalue weighted by atomic mass is 9.51. The first-order valence-corrected chi connectivity index (χ1v) is 13.5. The van der Waals surface area contributed by atoms with Crippen LogP contribution in [0, 0.1) is 52.8 Å². The predicted molar refractivity (Wildman–Crippen MR) is 121 cm³/mol. The third-order valence-corrected chi connectivity index (χ3v) is 12.0. The van der Waals surface area contributed by atoms with Crippen molar-refractivity contribution in [3.63, 3.8) is 0 Å². The summed E-state index contributed by atoms with van der Waals surface area (Å²) in [7, 11) is 0. The molecule has 0 bridgehead atoms. The first-order chi connectivity index (χ1) is 14.7. The van der Waals surface area contributed by atoms with Crippen molar-refractivity contribution in [2.45, 2.75) is 102 Å². The molecule has 6 aliphatic rings. The summed E-state index contributed by atoms with van der Waals surface area (Å²) in [5.41, 5.74) is -0.365. The van der Waals surface area contributed by atoms with Crippen LogP contribution in [0.5, 0.6) is 0 Å². The third-order valence-electron chi connectivity index (χ3n) is 12.0. The molecule has 4 nitrogen and oxygen atoms in total. The number of piperidine rings is 2. The van der Waals surface area contributed by atoms with E-state index in [1.54, 1.807) is 0 Å². The molecule has 4 saturated carbocycles. The van der Waals surface area contributed by atoms with Crippen LogP contribution in [0.4, 0.5) is 0 Å². The van der Waals surface area contributed by atoms with E-state index in [1.807, 2.05) is 0 Å². The summed E-state index contributed by atoms with van der Waals surface area (Å²) in [5.74, 6) is 4.89. The first-order valence-electron chi connectivity index (χ1n) is 13.5. The monoisotopic (exact) mass is 431 g/mol. The Balaban J connectivity index is 1.30. The van der Waals surface area contributed by atoms with Crippen LogP contribution in [-0.4, -0.2) is 57.2 Å². The topological polar surface area (TPSA) is 63.9 Å². The second-order valence-corrected chi connectivity index (χ2v) is 13.4. The number of aliphatic hydroxyl groups excluding tert-OH is 2. The largest absolute Gasteiger partial charge is 0.393 e. The Morgan fingerprint density at radius 2 is 1.55 bits per heavy atom.